The van der Waals surface area contributed by atoms with Gasteiger partial charge in [0.2, 0.25) is 10.0 Å². The molecule has 0 spiro atoms. The number of fused-ring (bicyclic) bond motifs is 1. The van der Waals surface area contributed by atoms with Crippen LogP contribution in [0.3, 0.4) is 0 Å². The quantitative estimate of drug-likeness (QED) is 0.385. The number of hydrogen-bond donors (Lipinski definition) is 1. The minimum absolute atomic E-state index is 0.0600. The second kappa shape index (κ2) is 10.5. The van der Waals surface area contributed by atoms with Crippen molar-refractivity contribution in [3.05, 3.63) is 71.4 Å². The Morgan fingerprint density at radius 3 is 2.61 bits per heavy atom. The number of aromatic nitrogens is 4. The third-order valence-electron chi connectivity index (χ3n) is 6.67. The lowest BCUT2D eigenvalue weighted by atomic mass is 10.0. The van der Waals surface area contributed by atoms with Crippen molar-refractivity contribution in [2.75, 3.05) is 20.2 Å². The molecule has 0 bridgehead atoms. The number of methoxy groups -OCH3 is 1. The van der Waals surface area contributed by atoms with Crippen LogP contribution < -0.4 is 10.1 Å². The van der Waals surface area contributed by atoms with E-state index in [0.717, 1.165) is 36.2 Å². The molecule has 1 aliphatic heterocycles. The Labute approximate surface area is 221 Å². The van der Waals surface area contributed by atoms with Crippen LogP contribution in [-0.2, 0) is 16.6 Å². The number of rotatable bonds is 7. The summed E-state index contributed by atoms with van der Waals surface area (Å²) >= 11 is 0. The molecular formula is C27H30N6O4S. The Hall–Kier alpha value is -3.83. The van der Waals surface area contributed by atoms with Crippen LogP contribution in [0.5, 0.6) is 5.75 Å². The first kappa shape index (κ1) is 25.8. The molecule has 0 atom stereocenters. The average Bonchev–Trinajstić information content (AvgIpc) is 3.32. The third-order valence-corrected chi connectivity index (χ3v) is 8.59. The van der Waals surface area contributed by atoms with Crippen LogP contribution in [0, 0.1) is 13.8 Å². The summed E-state index contributed by atoms with van der Waals surface area (Å²) in [6.45, 7) is 4.95. The van der Waals surface area contributed by atoms with Crippen LogP contribution in [0.1, 0.15) is 46.7 Å². The Kier molecular flexibility index (Phi) is 7.13. The Morgan fingerprint density at radius 2 is 1.89 bits per heavy atom. The normalized spacial score (nSPS) is 14.5. The van der Waals surface area contributed by atoms with Crippen LogP contribution in [-0.4, -0.2) is 58.4 Å². The molecule has 198 valence electrons. The predicted octanol–water partition coefficient (Wildman–Crippen LogP) is 3.52. The molecule has 4 aromatic rings. The average molecular weight is 535 g/mol. The fourth-order valence-corrected chi connectivity index (χ4v) is 6.49. The van der Waals surface area contributed by atoms with Gasteiger partial charge in [-0.3, -0.25) is 9.78 Å². The maximum absolute atomic E-state index is 13.7. The van der Waals surface area contributed by atoms with Crippen LogP contribution in [0.25, 0.3) is 16.8 Å². The van der Waals surface area contributed by atoms with Gasteiger partial charge in [-0.25, -0.2) is 17.9 Å². The zero-order valence-electron chi connectivity index (χ0n) is 21.6. The number of ether oxygens (including phenoxy) is 1. The fraction of sp³-hybridized carbons (Fsp3) is 0.333. The van der Waals surface area contributed by atoms with E-state index in [-0.39, 0.29) is 22.9 Å². The van der Waals surface area contributed by atoms with Crippen LogP contribution in [0.4, 0.5) is 0 Å². The smallest absolute Gasteiger partial charge is 0.272 e. The molecule has 1 N–H and O–H groups in total. The molecule has 11 heteroatoms. The number of amides is 1. The summed E-state index contributed by atoms with van der Waals surface area (Å²) in [4.78, 5) is 22.3. The first-order valence-electron chi connectivity index (χ1n) is 12.5. The highest BCUT2D eigenvalue weighted by Gasteiger charge is 2.31. The van der Waals surface area contributed by atoms with Crippen molar-refractivity contribution in [1.82, 2.24) is 29.2 Å². The zero-order valence-corrected chi connectivity index (χ0v) is 22.5. The lowest BCUT2D eigenvalue weighted by Crippen LogP contribution is -2.35. The van der Waals surface area contributed by atoms with Gasteiger partial charge in [0.05, 0.1) is 12.7 Å². The van der Waals surface area contributed by atoms with Gasteiger partial charge in [0, 0.05) is 43.4 Å². The molecule has 0 saturated carbocycles. The van der Waals surface area contributed by atoms with Crippen molar-refractivity contribution >= 4 is 21.6 Å². The number of sulfonamides is 1. The molecule has 5 rings (SSSR count). The highest BCUT2D eigenvalue weighted by molar-refractivity contribution is 7.89. The standard InChI is InChI=1S/C27H30N6O4S/c1-18-14-19(2)33-26(30-18)24(25(31-33)27(34)29-17-20-8-7-11-28-16-20)21-9-10-22(37-3)23(15-21)38(35,36)32-12-5-4-6-13-32/h7-11,14-16H,4-6,12-13,17H2,1-3H3,(H,29,34). The van der Waals surface area contributed by atoms with E-state index in [0.29, 0.717) is 29.9 Å². The summed E-state index contributed by atoms with van der Waals surface area (Å²) in [6, 6.07) is 10.5. The second-order valence-electron chi connectivity index (χ2n) is 9.37. The number of pyridine rings is 1. The highest BCUT2D eigenvalue weighted by atomic mass is 32.2. The molecule has 1 fully saturated rings. The van der Waals surface area contributed by atoms with Crippen molar-refractivity contribution in [3.8, 4) is 16.9 Å². The summed E-state index contributed by atoms with van der Waals surface area (Å²) in [5.74, 6) is -0.152. The largest absolute Gasteiger partial charge is 0.495 e. The molecule has 0 aliphatic carbocycles. The van der Waals surface area contributed by atoms with E-state index in [1.807, 2.05) is 26.0 Å². The Morgan fingerprint density at radius 1 is 1.11 bits per heavy atom. The third kappa shape index (κ3) is 4.86. The highest BCUT2D eigenvalue weighted by Crippen LogP contribution is 2.36. The molecule has 1 aliphatic rings. The van der Waals surface area contributed by atoms with Crippen molar-refractivity contribution in [2.24, 2.45) is 0 Å². The van der Waals surface area contributed by atoms with E-state index >= 15 is 0 Å². The summed E-state index contributed by atoms with van der Waals surface area (Å²) in [5, 5.41) is 7.51. The fourth-order valence-electron chi connectivity index (χ4n) is 4.79. The Balaban J connectivity index is 1.64. The molecule has 1 amide bonds. The van der Waals surface area contributed by atoms with Gasteiger partial charge >= 0.3 is 0 Å². The minimum Gasteiger partial charge on any atom is -0.495 e. The monoisotopic (exact) mass is 534 g/mol. The van der Waals surface area contributed by atoms with E-state index in [4.69, 9.17) is 4.74 Å². The molecule has 10 nitrogen and oxygen atoms in total. The number of piperidine rings is 1. The van der Waals surface area contributed by atoms with Crippen molar-refractivity contribution in [3.63, 3.8) is 0 Å². The van der Waals surface area contributed by atoms with Crippen LogP contribution in [0.15, 0.2) is 53.7 Å². The van der Waals surface area contributed by atoms with Gasteiger partial charge in [-0.05, 0) is 62.1 Å². The molecule has 0 radical (unpaired) electrons. The number of nitrogens with zero attached hydrogens (tertiary/aromatic N) is 5. The molecule has 3 aromatic heterocycles. The first-order valence-corrected chi connectivity index (χ1v) is 14.0. The molecule has 4 heterocycles. The van der Waals surface area contributed by atoms with Gasteiger partial charge in [0.15, 0.2) is 11.3 Å². The van der Waals surface area contributed by atoms with E-state index < -0.39 is 15.9 Å². The second-order valence-corrected chi connectivity index (χ2v) is 11.3. The molecule has 38 heavy (non-hydrogen) atoms. The van der Waals surface area contributed by atoms with Crippen molar-refractivity contribution in [2.45, 2.75) is 44.6 Å². The number of carbonyl (C=O) groups is 1. The predicted molar refractivity (Wildman–Crippen MR) is 142 cm³/mol. The minimum atomic E-state index is -3.81. The van der Waals surface area contributed by atoms with Gasteiger partial charge in [-0.15, -0.1) is 0 Å². The lowest BCUT2D eigenvalue weighted by Gasteiger charge is -2.26. The summed E-state index contributed by atoms with van der Waals surface area (Å²) in [7, 11) is -2.36. The Bertz CT molecular complexity index is 1600. The molecular weight excluding hydrogens is 504 g/mol. The van der Waals surface area contributed by atoms with E-state index in [1.165, 1.54) is 11.4 Å². The molecule has 1 aromatic carbocycles. The van der Waals surface area contributed by atoms with Crippen molar-refractivity contribution in [1.29, 1.82) is 0 Å². The van der Waals surface area contributed by atoms with Gasteiger partial charge in [-0.1, -0.05) is 18.6 Å². The number of aryl methyl sites for hydroxylation is 2. The SMILES string of the molecule is COc1ccc(-c2c(C(=O)NCc3cccnc3)nn3c(C)cc(C)nc23)cc1S(=O)(=O)N1CCCCC1. The maximum Gasteiger partial charge on any atom is 0.272 e. The molecule has 1 saturated heterocycles. The van der Waals surface area contributed by atoms with Crippen LogP contribution >= 0.6 is 0 Å². The summed E-state index contributed by atoms with van der Waals surface area (Å²) in [6.07, 6.45) is 5.99. The van der Waals surface area contributed by atoms with Crippen LogP contribution in [0.2, 0.25) is 0 Å². The lowest BCUT2D eigenvalue weighted by molar-refractivity contribution is 0.0946. The van der Waals surface area contributed by atoms with Gasteiger partial charge in [0.25, 0.3) is 5.91 Å². The van der Waals surface area contributed by atoms with E-state index in [2.05, 4.69) is 20.4 Å². The van der Waals surface area contributed by atoms with Gasteiger partial charge < -0.3 is 10.1 Å². The van der Waals surface area contributed by atoms with Gasteiger partial charge in [0.1, 0.15) is 10.6 Å². The van der Waals surface area contributed by atoms with Gasteiger partial charge in [-0.2, -0.15) is 9.40 Å². The molecule has 0 unspecified atom stereocenters. The number of hydrogen-bond acceptors (Lipinski definition) is 7. The zero-order chi connectivity index (χ0) is 26.9. The summed E-state index contributed by atoms with van der Waals surface area (Å²) < 4.78 is 35.9. The maximum atomic E-state index is 13.7. The summed E-state index contributed by atoms with van der Waals surface area (Å²) in [5.41, 5.74) is 4.00. The topological polar surface area (TPSA) is 119 Å². The van der Waals surface area contributed by atoms with Crippen molar-refractivity contribution < 1.29 is 17.9 Å². The first-order chi connectivity index (χ1) is 18.3. The van der Waals surface area contributed by atoms with E-state index in [9.17, 15) is 13.2 Å². The van der Waals surface area contributed by atoms with E-state index in [1.54, 1.807) is 41.2 Å². The number of nitrogens with one attached hydrogen (secondary N) is 1. The number of benzene rings is 1. The number of carbonyl (C=O) groups excluding carboxylic acids is 1.